The van der Waals surface area contributed by atoms with Gasteiger partial charge in [-0.2, -0.15) is 10.4 Å². The minimum Gasteiger partial charge on any atom is -0.467 e. The molecule has 0 aliphatic carbocycles. The maximum Gasteiger partial charge on any atom is 0.334 e. The molecular weight excluding hydrogens is 288 g/mol. The van der Waals surface area contributed by atoms with Crippen molar-refractivity contribution in [1.82, 2.24) is 9.78 Å². The van der Waals surface area contributed by atoms with Crippen LogP contribution in [0.4, 0.5) is 5.82 Å². The Hall–Kier alpha value is -2.11. The van der Waals surface area contributed by atoms with Gasteiger partial charge < -0.3 is 9.47 Å². The van der Waals surface area contributed by atoms with Crippen LogP contribution in [0.25, 0.3) is 0 Å². The maximum atomic E-state index is 11.2. The summed E-state index contributed by atoms with van der Waals surface area (Å²) in [5.41, 5.74) is 0.360. The van der Waals surface area contributed by atoms with Gasteiger partial charge in [-0.15, -0.1) is 0 Å². The van der Waals surface area contributed by atoms with E-state index in [4.69, 9.17) is 9.57 Å². The highest BCUT2D eigenvalue weighted by Crippen LogP contribution is 2.21. The number of nitrogens with zero attached hydrogens (tertiary/aromatic N) is 4. The number of carbonyl (C=O) groups excluding carboxylic acids is 1. The summed E-state index contributed by atoms with van der Waals surface area (Å²) in [6.07, 6.45) is 4.57. The Labute approximate surface area is 130 Å². The van der Waals surface area contributed by atoms with Crippen LogP contribution in [0, 0.1) is 11.3 Å². The molecule has 0 bridgehead atoms. The van der Waals surface area contributed by atoms with E-state index in [0.717, 1.165) is 19.3 Å². The molecule has 0 aliphatic rings. The summed E-state index contributed by atoms with van der Waals surface area (Å²) in [6, 6.07) is 2.07. The zero-order chi connectivity index (χ0) is 16.4. The highest BCUT2D eigenvalue weighted by molar-refractivity contribution is 5.70. The summed E-state index contributed by atoms with van der Waals surface area (Å²) < 4.78 is 11.3. The SMILES string of the molecule is CCCCCn1ncc(C#N)c1N(COC)OCC(=O)OC. The van der Waals surface area contributed by atoms with Crippen molar-refractivity contribution in [3.05, 3.63) is 11.8 Å². The van der Waals surface area contributed by atoms with E-state index in [1.54, 1.807) is 4.68 Å². The van der Waals surface area contributed by atoms with Crippen molar-refractivity contribution in [1.29, 1.82) is 5.26 Å². The first kappa shape index (κ1) is 17.9. The van der Waals surface area contributed by atoms with Crippen LogP contribution < -0.4 is 5.06 Å². The predicted molar refractivity (Wildman–Crippen MR) is 78.8 cm³/mol. The topological polar surface area (TPSA) is 89.6 Å². The first-order valence-corrected chi connectivity index (χ1v) is 7.10. The molecule has 0 N–H and O–H groups in total. The second kappa shape index (κ2) is 9.76. The number of hydrogen-bond donors (Lipinski definition) is 0. The molecule has 1 heterocycles. The lowest BCUT2D eigenvalue weighted by molar-refractivity contribution is -0.147. The Bertz CT molecular complexity index is 509. The minimum atomic E-state index is -0.517. The molecule has 122 valence electrons. The second-order valence-electron chi connectivity index (χ2n) is 4.57. The average molecular weight is 310 g/mol. The monoisotopic (exact) mass is 310 g/mol. The summed E-state index contributed by atoms with van der Waals surface area (Å²) in [5, 5.41) is 14.8. The molecule has 0 radical (unpaired) electrons. The first-order valence-electron chi connectivity index (χ1n) is 7.10. The molecule has 22 heavy (non-hydrogen) atoms. The van der Waals surface area contributed by atoms with E-state index in [-0.39, 0.29) is 13.3 Å². The van der Waals surface area contributed by atoms with Crippen molar-refractivity contribution >= 4 is 11.8 Å². The van der Waals surface area contributed by atoms with E-state index >= 15 is 0 Å². The highest BCUT2D eigenvalue weighted by Gasteiger charge is 2.20. The molecule has 8 heteroatoms. The van der Waals surface area contributed by atoms with E-state index in [2.05, 4.69) is 22.8 Å². The molecule has 0 spiro atoms. The molecule has 0 atom stereocenters. The molecule has 8 nitrogen and oxygen atoms in total. The quantitative estimate of drug-likeness (QED) is 0.280. The molecule has 0 saturated heterocycles. The van der Waals surface area contributed by atoms with Crippen molar-refractivity contribution in [3.8, 4) is 6.07 Å². The van der Waals surface area contributed by atoms with Gasteiger partial charge in [-0.05, 0) is 6.42 Å². The van der Waals surface area contributed by atoms with Crippen molar-refractivity contribution in [2.45, 2.75) is 32.7 Å². The number of hydroxylamine groups is 1. The van der Waals surface area contributed by atoms with Crippen LogP contribution in [0.5, 0.6) is 0 Å². The fourth-order valence-electron chi connectivity index (χ4n) is 1.86. The molecule has 1 aromatic heterocycles. The van der Waals surface area contributed by atoms with Crippen LogP contribution in [0.2, 0.25) is 0 Å². The van der Waals surface area contributed by atoms with Crippen molar-refractivity contribution in [3.63, 3.8) is 0 Å². The van der Waals surface area contributed by atoms with Crippen molar-refractivity contribution in [2.75, 3.05) is 32.6 Å². The highest BCUT2D eigenvalue weighted by atomic mass is 16.7. The number of ether oxygens (including phenoxy) is 2. The van der Waals surface area contributed by atoms with Crippen LogP contribution in [0.15, 0.2) is 6.20 Å². The summed E-state index contributed by atoms with van der Waals surface area (Å²) in [6.45, 7) is 2.56. The second-order valence-corrected chi connectivity index (χ2v) is 4.57. The summed E-state index contributed by atoms with van der Waals surface area (Å²) in [7, 11) is 2.78. The number of anilines is 1. The molecule has 0 unspecified atom stereocenters. The van der Waals surface area contributed by atoms with E-state index in [1.165, 1.54) is 25.5 Å². The lowest BCUT2D eigenvalue weighted by Gasteiger charge is -2.23. The van der Waals surface area contributed by atoms with E-state index in [1.807, 2.05) is 0 Å². The van der Waals surface area contributed by atoms with Crippen LogP contribution in [0.1, 0.15) is 31.7 Å². The number of carbonyl (C=O) groups is 1. The van der Waals surface area contributed by atoms with Crippen molar-refractivity contribution in [2.24, 2.45) is 0 Å². The van der Waals surface area contributed by atoms with Crippen LogP contribution in [-0.4, -0.2) is 43.3 Å². The Balaban J connectivity index is 2.92. The van der Waals surface area contributed by atoms with Gasteiger partial charge in [-0.25, -0.2) is 14.5 Å². The number of aryl methyl sites for hydroxylation is 1. The molecular formula is C14H22N4O4. The Morgan fingerprint density at radius 1 is 1.45 bits per heavy atom. The Kier molecular flexibility index (Phi) is 7.96. The molecule has 0 saturated carbocycles. The Morgan fingerprint density at radius 3 is 2.82 bits per heavy atom. The average Bonchev–Trinajstić information content (AvgIpc) is 2.94. The lowest BCUT2D eigenvalue weighted by atomic mass is 10.2. The number of aromatic nitrogens is 2. The molecule has 1 aromatic rings. The predicted octanol–water partition coefficient (Wildman–Crippen LogP) is 1.46. The molecule has 0 aliphatic heterocycles. The van der Waals surface area contributed by atoms with Gasteiger partial charge in [0.15, 0.2) is 12.4 Å². The maximum absolute atomic E-state index is 11.2. The third-order valence-electron chi connectivity index (χ3n) is 2.95. The fraction of sp³-hybridized carbons (Fsp3) is 0.643. The van der Waals surface area contributed by atoms with E-state index in [9.17, 15) is 10.1 Å². The molecule has 0 amide bonds. The van der Waals surface area contributed by atoms with Gasteiger partial charge in [0.25, 0.3) is 0 Å². The normalized spacial score (nSPS) is 10.3. The third kappa shape index (κ3) is 5.02. The number of esters is 1. The molecule has 1 rings (SSSR count). The molecule has 0 aromatic carbocycles. The zero-order valence-corrected chi connectivity index (χ0v) is 13.2. The summed E-state index contributed by atoms with van der Waals surface area (Å²) >= 11 is 0. The van der Waals surface area contributed by atoms with Crippen molar-refractivity contribution < 1.29 is 19.1 Å². The van der Waals surface area contributed by atoms with Gasteiger partial charge in [0.2, 0.25) is 0 Å². The van der Waals surface area contributed by atoms with Crippen LogP contribution in [0.3, 0.4) is 0 Å². The van der Waals surface area contributed by atoms with Gasteiger partial charge in [0.05, 0.1) is 13.3 Å². The fourth-order valence-corrected chi connectivity index (χ4v) is 1.86. The number of nitriles is 1. The minimum absolute atomic E-state index is 0.0607. The smallest absolute Gasteiger partial charge is 0.334 e. The van der Waals surface area contributed by atoms with Crippen LogP contribution in [-0.2, 0) is 25.7 Å². The van der Waals surface area contributed by atoms with Gasteiger partial charge >= 0.3 is 5.97 Å². The van der Waals surface area contributed by atoms with E-state index in [0.29, 0.717) is 17.9 Å². The summed E-state index contributed by atoms with van der Waals surface area (Å²) in [5.74, 6) is -0.0407. The molecule has 0 fully saturated rings. The van der Waals surface area contributed by atoms with Gasteiger partial charge in [0.1, 0.15) is 18.4 Å². The third-order valence-corrected chi connectivity index (χ3v) is 2.95. The standard InChI is InChI=1S/C14H22N4O4/c1-4-5-6-7-17-14(12(8-15)9-16-17)18(11-20-2)22-10-13(19)21-3/h9H,4-7,10-11H2,1-3H3. The Morgan fingerprint density at radius 2 is 2.23 bits per heavy atom. The largest absolute Gasteiger partial charge is 0.467 e. The van der Waals surface area contributed by atoms with Gasteiger partial charge in [0, 0.05) is 13.7 Å². The van der Waals surface area contributed by atoms with Crippen LogP contribution >= 0.6 is 0 Å². The van der Waals surface area contributed by atoms with Gasteiger partial charge in [-0.3, -0.25) is 4.84 Å². The number of unbranched alkanes of at least 4 members (excludes halogenated alkanes) is 2. The first-order chi connectivity index (χ1) is 10.7. The summed E-state index contributed by atoms with van der Waals surface area (Å²) in [4.78, 5) is 16.6. The number of rotatable bonds is 10. The van der Waals surface area contributed by atoms with E-state index < -0.39 is 5.97 Å². The zero-order valence-electron chi connectivity index (χ0n) is 13.2. The number of hydrogen-bond acceptors (Lipinski definition) is 7. The van der Waals surface area contributed by atoms with Gasteiger partial charge in [-0.1, -0.05) is 19.8 Å². The number of methoxy groups -OCH3 is 2. The lowest BCUT2D eigenvalue weighted by Crippen LogP contribution is -2.31.